The van der Waals surface area contributed by atoms with E-state index in [2.05, 4.69) is 72.2 Å². The van der Waals surface area contributed by atoms with Crippen molar-refractivity contribution in [1.29, 1.82) is 0 Å². The summed E-state index contributed by atoms with van der Waals surface area (Å²) in [5, 5.41) is 3.40. The molecule has 0 spiro atoms. The lowest BCUT2D eigenvalue weighted by atomic mass is 9.88. The normalized spacial score (nSPS) is 21.7. The van der Waals surface area contributed by atoms with Crippen LogP contribution in [0.15, 0.2) is 92.4 Å². The molecule has 1 fully saturated rings. The standard InChI is InChI=1S/C27H34N4/c1-5-7-19(2)20(3)16-24(28-4)25-17-26(22-8-6-9-22)31-18-23(10-11-27(31)30-25)21-12-14-29-15-13-21/h10-12,16-18,29H,2,5-9,13-15H2,1,3-4H3/b20-16+,28-24?. The van der Waals surface area contributed by atoms with Crippen molar-refractivity contribution in [1.82, 2.24) is 10.2 Å². The highest BCUT2D eigenvalue weighted by molar-refractivity contribution is 6.12. The molecule has 1 saturated carbocycles. The van der Waals surface area contributed by atoms with E-state index >= 15 is 0 Å². The number of rotatable bonds is 6. The van der Waals surface area contributed by atoms with Crippen LogP contribution in [0.1, 0.15) is 52.4 Å². The van der Waals surface area contributed by atoms with Gasteiger partial charge in [0.15, 0.2) is 0 Å². The lowest BCUT2D eigenvalue weighted by molar-refractivity contribution is 0.593. The highest BCUT2D eigenvalue weighted by Gasteiger charge is 2.27. The first-order valence-electron chi connectivity index (χ1n) is 11.6. The van der Waals surface area contributed by atoms with Crippen LogP contribution in [0.5, 0.6) is 0 Å². The second kappa shape index (κ2) is 9.61. The molecule has 3 aliphatic heterocycles. The van der Waals surface area contributed by atoms with E-state index in [1.165, 1.54) is 52.8 Å². The van der Waals surface area contributed by atoms with Crippen LogP contribution in [0.3, 0.4) is 0 Å². The Balaban J connectivity index is 1.68. The maximum atomic E-state index is 5.01. The van der Waals surface area contributed by atoms with Gasteiger partial charge >= 0.3 is 0 Å². The zero-order valence-corrected chi connectivity index (χ0v) is 19.2. The molecular formula is C27H34N4. The molecule has 0 radical (unpaired) electrons. The van der Waals surface area contributed by atoms with Gasteiger partial charge < -0.3 is 10.2 Å². The summed E-state index contributed by atoms with van der Waals surface area (Å²) in [6.07, 6.45) is 20.1. The molecule has 0 unspecified atom stereocenters. The molecule has 0 atom stereocenters. The van der Waals surface area contributed by atoms with Crippen molar-refractivity contribution < 1.29 is 0 Å². The van der Waals surface area contributed by atoms with Gasteiger partial charge in [-0.2, -0.15) is 0 Å². The SMILES string of the molecule is C=C(CCC)/C(C)=C/C(=NC)C1=CC(=C2CCC2)N2C=C(C3=CCNCC3)C=CC2=N1. The first-order chi connectivity index (χ1) is 15.1. The Morgan fingerprint density at radius 1 is 1.29 bits per heavy atom. The molecule has 31 heavy (non-hydrogen) atoms. The second-order valence-corrected chi connectivity index (χ2v) is 8.60. The number of fused-ring (bicyclic) bond motifs is 1. The molecule has 1 N–H and O–H groups in total. The van der Waals surface area contributed by atoms with Gasteiger partial charge in [-0.25, -0.2) is 4.99 Å². The number of aliphatic imine (C=N–C) groups is 2. The number of nitrogens with one attached hydrogen (secondary N) is 1. The van der Waals surface area contributed by atoms with Crippen LogP contribution >= 0.6 is 0 Å². The molecule has 4 nitrogen and oxygen atoms in total. The minimum absolute atomic E-state index is 0.920. The van der Waals surface area contributed by atoms with Gasteiger partial charge in [0.1, 0.15) is 5.84 Å². The van der Waals surface area contributed by atoms with E-state index in [1.54, 1.807) is 0 Å². The van der Waals surface area contributed by atoms with Gasteiger partial charge in [-0.3, -0.25) is 4.99 Å². The summed E-state index contributed by atoms with van der Waals surface area (Å²) in [4.78, 5) is 11.9. The number of hydrogen-bond acceptors (Lipinski definition) is 4. The van der Waals surface area contributed by atoms with E-state index in [0.29, 0.717) is 0 Å². The van der Waals surface area contributed by atoms with Crippen molar-refractivity contribution in [2.75, 3.05) is 20.1 Å². The van der Waals surface area contributed by atoms with Gasteiger partial charge in [0.05, 0.1) is 11.4 Å². The predicted molar refractivity (Wildman–Crippen MR) is 132 cm³/mol. The molecule has 4 heteroatoms. The molecule has 0 amide bonds. The quantitative estimate of drug-likeness (QED) is 0.443. The molecule has 3 heterocycles. The van der Waals surface area contributed by atoms with Crippen molar-refractivity contribution in [2.45, 2.75) is 52.4 Å². The van der Waals surface area contributed by atoms with Crippen LogP contribution in [-0.2, 0) is 0 Å². The molecule has 4 rings (SSSR count). The molecular weight excluding hydrogens is 380 g/mol. The summed E-state index contributed by atoms with van der Waals surface area (Å²) >= 11 is 0. The number of hydrogen-bond donors (Lipinski definition) is 1. The van der Waals surface area contributed by atoms with E-state index in [0.717, 1.165) is 49.6 Å². The number of allylic oxidation sites excluding steroid dienone is 7. The Kier molecular flexibility index (Phi) is 6.67. The summed E-state index contributed by atoms with van der Waals surface area (Å²) in [5.41, 5.74) is 9.73. The average Bonchev–Trinajstić information content (AvgIpc) is 2.76. The molecule has 162 valence electrons. The number of nitrogens with zero attached hydrogens (tertiary/aromatic N) is 3. The monoisotopic (exact) mass is 414 g/mol. The Morgan fingerprint density at radius 2 is 2.13 bits per heavy atom. The van der Waals surface area contributed by atoms with Crippen LogP contribution in [0, 0.1) is 0 Å². The van der Waals surface area contributed by atoms with E-state index in [9.17, 15) is 0 Å². The van der Waals surface area contributed by atoms with Gasteiger partial charge in [-0.1, -0.05) is 31.6 Å². The van der Waals surface area contributed by atoms with Gasteiger partial charge in [0.25, 0.3) is 0 Å². The Labute approximate surface area is 186 Å². The maximum absolute atomic E-state index is 5.01. The zero-order chi connectivity index (χ0) is 21.8. The first kappa shape index (κ1) is 21.5. The first-order valence-corrected chi connectivity index (χ1v) is 11.6. The van der Waals surface area contributed by atoms with Crippen LogP contribution in [0.4, 0.5) is 0 Å². The van der Waals surface area contributed by atoms with Crippen LogP contribution in [-0.4, -0.2) is 36.6 Å². The van der Waals surface area contributed by atoms with E-state index in [4.69, 9.17) is 4.99 Å². The summed E-state index contributed by atoms with van der Waals surface area (Å²) in [6.45, 7) is 10.5. The van der Waals surface area contributed by atoms with Crippen molar-refractivity contribution in [2.24, 2.45) is 9.98 Å². The third kappa shape index (κ3) is 4.64. The number of amidine groups is 1. The maximum Gasteiger partial charge on any atom is 0.137 e. The van der Waals surface area contributed by atoms with E-state index in [1.807, 2.05) is 7.05 Å². The van der Waals surface area contributed by atoms with Gasteiger partial charge in [0.2, 0.25) is 0 Å². The summed E-state index contributed by atoms with van der Waals surface area (Å²) in [5.74, 6) is 0.977. The highest BCUT2D eigenvalue weighted by atomic mass is 15.2. The minimum Gasteiger partial charge on any atom is -0.313 e. The highest BCUT2D eigenvalue weighted by Crippen LogP contribution is 2.36. The predicted octanol–water partition coefficient (Wildman–Crippen LogP) is 5.77. The largest absolute Gasteiger partial charge is 0.313 e. The van der Waals surface area contributed by atoms with Crippen LogP contribution < -0.4 is 5.32 Å². The summed E-state index contributed by atoms with van der Waals surface area (Å²) < 4.78 is 0. The fraction of sp³-hybridized carbons (Fsp3) is 0.407. The van der Waals surface area contributed by atoms with Gasteiger partial charge in [0, 0.05) is 25.5 Å². The van der Waals surface area contributed by atoms with Crippen molar-refractivity contribution >= 4 is 11.5 Å². The summed E-state index contributed by atoms with van der Waals surface area (Å²) in [6, 6.07) is 0. The van der Waals surface area contributed by atoms with Gasteiger partial charge in [-0.15, -0.1) is 0 Å². The molecule has 0 aromatic rings. The smallest absolute Gasteiger partial charge is 0.137 e. The zero-order valence-electron chi connectivity index (χ0n) is 19.2. The lowest BCUT2D eigenvalue weighted by Crippen LogP contribution is -2.31. The Morgan fingerprint density at radius 3 is 2.77 bits per heavy atom. The Bertz CT molecular complexity index is 1000. The van der Waals surface area contributed by atoms with Crippen molar-refractivity contribution in [3.05, 3.63) is 82.4 Å². The summed E-state index contributed by atoms with van der Waals surface area (Å²) in [7, 11) is 1.85. The van der Waals surface area contributed by atoms with Gasteiger partial charge in [-0.05, 0) is 92.2 Å². The molecule has 0 saturated heterocycles. The van der Waals surface area contributed by atoms with E-state index < -0.39 is 0 Å². The van der Waals surface area contributed by atoms with Crippen LogP contribution in [0.2, 0.25) is 0 Å². The fourth-order valence-corrected chi connectivity index (χ4v) is 4.28. The molecule has 0 aromatic heterocycles. The topological polar surface area (TPSA) is 40.0 Å². The minimum atomic E-state index is 0.920. The third-order valence-electron chi connectivity index (χ3n) is 6.42. The Hall–Kier alpha value is -2.72. The van der Waals surface area contributed by atoms with E-state index in [-0.39, 0.29) is 0 Å². The van der Waals surface area contributed by atoms with Crippen LogP contribution in [0.25, 0.3) is 0 Å². The molecule has 0 bridgehead atoms. The molecule has 0 aromatic carbocycles. The fourth-order valence-electron chi connectivity index (χ4n) is 4.28. The second-order valence-electron chi connectivity index (χ2n) is 8.60. The van der Waals surface area contributed by atoms with Crippen molar-refractivity contribution in [3.8, 4) is 0 Å². The third-order valence-corrected chi connectivity index (χ3v) is 6.42. The van der Waals surface area contributed by atoms with Crippen molar-refractivity contribution in [3.63, 3.8) is 0 Å². The lowest BCUT2D eigenvalue weighted by Gasteiger charge is -2.34. The average molecular weight is 415 g/mol. The molecule has 1 aliphatic carbocycles. The molecule has 4 aliphatic rings.